The van der Waals surface area contributed by atoms with Crippen molar-refractivity contribution >= 4 is 38.6 Å². The monoisotopic (exact) mass is 444 g/mol. The summed E-state index contributed by atoms with van der Waals surface area (Å²) in [5.74, 6) is -0.266. The predicted octanol–water partition coefficient (Wildman–Crippen LogP) is 4.73. The molecule has 1 amide bonds. The number of phenolic OH excluding ortho intramolecular Hbond substituents is 1. The zero-order valence-corrected chi connectivity index (χ0v) is 18.6. The first-order chi connectivity index (χ1) is 14.0. The molecule has 0 saturated carbocycles. The maximum atomic E-state index is 12.4. The summed E-state index contributed by atoms with van der Waals surface area (Å²) in [5, 5.41) is 14.5. The Kier molecular flexibility index (Phi) is 6.19. The van der Waals surface area contributed by atoms with Crippen molar-refractivity contribution in [2.75, 3.05) is 10.0 Å². The number of rotatable bonds is 6. The van der Waals surface area contributed by atoms with Gasteiger partial charge in [0.2, 0.25) is 5.91 Å². The van der Waals surface area contributed by atoms with E-state index >= 15 is 0 Å². The summed E-state index contributed by atoms with van der Waals surface area (Å²) in [6, 6.07) is 15.0. The molecule has 0 aliphatic carbocycles. The zero-order valence-electron chi connectivity index (χ0n) is 17.0. The molecule has 0 spiro atoms. The van der Waals surface area contributed by atoms with Crippen LogP contribution in [0.4, 0.5) is 11.4 Å². The first-order valence-corrected chi connectivity index (χ1v) is 11.7. The number of carbonyl (C=O) groups excluding carboxylic acids is 1. The maximum absolute atomic E-state index is 12.4. The Hall–Kier alpha value is -2.84. The van der Waals surface area contributed by atoms with Crippen LogP contribution in [0.2, 0.25) is 0 Å². The molecule has 1 heterocycles. The number of hydrogen-bond donors (Lipinski definition) is 3. The Morgan fingerprint density at radius 3 is 2.37 bits per heavy atom. The molecule has 0 bridgehead atoms. The van der Waals surface area contributed by atoms with Gasteiger partial charge in [-0.2, -0.15) is 0 Å². The smallest absolute Gasteiger partial charge is 0.271 e. The lowest BCUT2D eigenvalue weighted by molar-refractivity contribution is -0.115. The standard InChI is InChI=1S/C22H24N2O4S2/c1-22(2,3)16-8-11-19(25)18(14-16)23-20(26)13-15-6-9-17(10-7-15)24-30(27,28)21-5-4-12-29-21/h4-12,14,24-25H,13H2,1-3H3,(H,23,26). The second kappa shape index (κ2) is 8.49. The quantitative estimate of drug-likeness (QED) is 0.479. The molecule has 0 aliphatic heterocycles. The Balaban J connectivity index is 1.65. The third kappa shape index (κ3) is 5.40. The lowest BCUT2D eigenvalue weighted by atomic mass is 9.87. The predicted molar refractivity (Wildman–Crippen MR) is 121 cm³/mol. The highest BCUT2D eigenvalue weighted by atomic mass is 32.2. The Bertz CT molecular complexity index is 1130. The number of phenols is 1. The largest absolute Gasteiger partial charge is 0.506 e. The van der Waals surface area contributed by atoms with Gasteiger partial charge in [0, 0.05) is 5.69 Å². The molecule has 158 valence electrons. The van der Waals surface area contributed by atoms with Crippen molar-refractivity contribution in [2.45, 2.75) is 36.8 Å². The lowest BCUT2D eigenvalue weighted by Crippen LogP contribution is -2.16. The number of amides is 1. The fraction of sp³-hybridized carbons (Fsp3) is 0.227. The average Bonchev–Trinajstić information content (AvgIpc) is 3.20. The van der Waals surface area contributed by atoms with Gasteiger partial charge < -0.3 is 10.4 Å². The van der Waals surface area contributed by atoms with Crippen molar-refractivity contribution < 1.29 is 18.3 Å². The molecule has 0 radical (unpaired) electrons. The van der Waals surface area contributed by atoms with Gasteiger partial charge in [-0.15, -0.1) is 11.3 Å². The molecule has 8 heteroatoms. The molecule has 3 N–H and O–H groups in total. The van der Waals surface area contributed by atoms with Gasteiger partial charge in [-0.05, 0) is 52.3 Å². The summed E-state index contributed by atoms with van der Waals surface area (Å²) in [5.41, 5.74) is 2.39. The summed E-state index contributed by atoms with van der Waals surface area (Å²) in [7, 11) is -3.61. The Morgan fingerprint density at radius 2 is 1.77 bits per heavy atom. The number of anilines is 2. The molecule has 6 nitrogen and oxygen atoms in total. The van der Waals surface area contributed by atoms with Crippen LogP contribution in [0.25, 0.3) is 0 Å². The topological polar surface area (TPSA) is 95.5 Å². The molecule has 3 aromatic rings. The number of sulfonamides is 1. The van der Waals surface area contributed by atoms with Gasteiger partial charge in [-0.3, -0.25) is 9.52 Å². The van der Waals surface area contributed by atoms with Gasteiger partial charge in [0.1, 0.15) is 9.96 Å². The minimum absolute atomic E-state index is 0.00896. The number of aromatic hydroxyl groups is 1. The first-order valence-electron chi connectivity index (χ1n) is 9.33. The summed E-state index contributed by atoms with van der Waals surface area (Å²) in [6.45, 7) is 6.16. The van der Waals surface area contributed by atoms with Crippen LogP contribution < -0.4 is 10.0 Å². The van der Waals surface area contributed by atoms with E-state index in [2.05, 4.69) is 30.8 Å². The van der Waals surface area contributed by atoms with Crippen molar-refractivity contribution in [1.82, 2.24) is 0 Å². The van der Waals surface area contributed by atoms with Gasteiger partial charge in [0.05, 0.1) is 12.1 Å². The highest BCUT2D eigenvalue weighted by Gasteiger charge is 2.17. The molecule has 0 aliphatic rings. The van der Waals surface area contributed by atoms with Crippen molar-refractivity contribution in [2.24, 2.45) is 0 Å². The third-order valence-electron chi connectivity index (χ3n) is 4.47. The molecular weight excluding hydrogens is 420 g/mol. The van der Waals surface area contributed by atoms with Crippen molar-refractivity contribution in [1.29, 1.82) is 0 Å². The van der Waals surface area contributed by atoms with Crippen LogP contribution in [-0.2, 0) is 26.7 Å². The normalized spacial score (nSPS) is 11.8. The molecule has 2 aromatic carbocycles. The fourth-order valence-electron chi connectivity index (χ4n) is 2.79. The molecule has 3 rings (SSSR count). The lowest BCUT2D eigenvalue weighted by Gasteiger charge is -2.20. The van der Waals surface area contributed by atoms with E-state index < -0.39 is 10.0 Å². The van der Waals surface area contributed by atoms with E-state index in [1.165, 1.54) is 6.07 Å². The molecular formula is C22H24N2O4S2. The molecule has 30 heavy (non-hydrogen) atoms. The van der Waals surface area contributed by atoms with E-state index in [9.17, 15) is 18.3 Å². The molecule has 0 unspecified atom stereocenters. The minimum Gasteiger partial charge on any atom is -0.506 e. The summed E-state index contributed by atoms with van der Waals surface area (Å²) < 4.78 is 27.3. The number of benzene rings is 2. The highest BCUT2D eigenvalue weighted by molar-refractivity contribution is 7.94. The minimum atomic E-state index is -3.61. The van der Waals surface area contributed by atoms with Crippen molar-refractivity contribution in [3.8, 4) is 5.75 Å². The van der Waals surface area contributed by atoms with Gasteiger partial charge >= 0.3 is 0 Å². The van der Waals surface area contributed by atoms with Crippen LogP contribution in [-0.4, -0.2) is 19.4 Å². The number of hydrogen-bond acceptors (Lipinski definition) is 5. The number of thiophene rings is 1. The molecule has 0 fully saturated rings. The number of nitrogens with one attached hydrogen (secondary N) is 2. The van der Waals surface area contributed by atoms with E-state index in [-0.39, 0.29) is 27.7 Å². The van der Waals surface area contributed by atoms with Crippen LogP contribution in [0.3, 0.4) is 0 Å². The number of carbonyl (C=O) groups is 1. The van der Waals surface area contributed by atoms with Gasteiger partial charge in [0.15, 0.2) is 0 Å². The molecule has 0 atom stereocenters. The van der Waals surface area contributed by atoms with E-state index in [0.29, 0.717) is 11.4 Å². The van der Waals surface area contributed by atoms with Crippen molar-refractivity contribution in [3.63, 3.8) is 0 Å². The average molecular weight is 445 g/mol. The second-order valence-electron chi connectivity index (χ2n) is 7.94. The van der Waals surface area contributed by atoms with Gasteiger partial charge in [-0.25, -0.2) is 8.42 Å². The van der Waals surface area contributed by atoms with Gasteiger partial charge in [-0.1, -0.05) is 45.0 Å². The van der Waals surface area contributed by atoms with E-state index in [1.54, 1.807) is 47.8 Å². The fourth-order valence-corrected chi connectivity index (χ4v) is 4.85. The Labute approximate surface area is 180 Å². The Morgan fingerprint density at radius 1 is 1.07 bits per heavy atom. The van der Waals surface area contributed by atoms with Crippen LogP contribution in [0, 0.1) is 0 Å². The van der Waals surface area contributed by atoms with E-state index in [1.807, 2.05) is 6.07 Å². The van der Waals surface area contributed by atoms with Crippen LogP contribution in [0.15, 0.2) is 64.2 Å². The van der Waals surface area contributed by atoms with E-state index in [4.69, 9.17) is 0 Å². The summed E-state index contributed by atoms with van der Waals surface area (Å²) in [4.78, 5) is 12.4. The van der Waals surface area contributed by atoms with Crippen molar-refractivity contribution in [3.05, 3.63) is 71.1 Å². The third-order valence-corrected chi connectivity index (χ3v) is 7.25. The van der Waals surface area contributed by atoms with Crippen LogP contribution in [0.1, 0.15) is 31.9 Å². The highest BCUT2D eigenvalue weighted by Crippen LogP contribution is 2.30. The first kappa shape index (κ1) is 21.9. The van der Waals surface area contributed by atoms with Crippen LogP contribution in [0.5, 0.6) is 5.75 Å². The second-order valence-corrected chi connectivity index (χ2v) is 10.8. The molecule has 1 aromatic heterocycles. The van der Waals surface area contributed by atoms with Gasteiger partial charge in [0.25, 0.3) is 10.0 Å². The zero-order chi connectivity index (χ0) is 21.9. The van der Waals surface area contributed by atoms with Crippen LogP contribution >= 0.6 is 11.3 Å². The van der Waals surface area contributed by atoms with E-state index in [0.717, 1.165) is 22.5 Å². The molecule has 0 saturated heterocycles. The SMILES string of the molecule is CC(C)(C)c1ccc(O)c(NC(=O)Cc2ccc(NS(=O)(=O)c3cccs3)cc2)c1. The summed E-state index contributed by atoms with van der Waals surface area (Å²) in [6.07, 6.45) is 0.0944. The summed E-state index contributed by atoms with van der Waals surface area (Å²) >= 11 is 1.14. The maximum Gasteiger partial charge on any atom is 0.271 e.